The van der Waals surface area contributed by atoms with Crippen molar-refractivity contribution >= 4 is 23.5 Å². The minimum atomic E-state index is -1.04. The smallest absolute Gasteiger partial charge is 0.335 e. The lowest BCUT2D eigenvalue weighted by atomic mass is 9.48. The van der Waals surface area contributed by atoms with Crippen LogP contribution in [-0.2, 0) is 6.42 Å². The van der Waals surface area contributed by atoms with E-state index < -0.39 is 12.0 Å². The van der Waals surface area contributed by atoms with Gasteiger partial charge in [0.15, 0.2) is 5.82 Å². The van der Waals surface area contributed by atoms with E-state index in [9.17, 15) is 14.7 Å². The van der Waals surface area contributed by atoms with Crippen molar-refractivity contribution in [2.24, 2.45) is 23.2 Å². The van der Waals surface area contributed by atoms with E-state index in [0.29, 0.717) is 16.9 Å². The predicted molar refractivity (Wildman–Crippen MR) is 144 cm³/mol. The highest BCUT2D eigenvalue weighted by Crippen LogP contribution is 2.61. The largest absolute Gasteiger partial charge is 0.478 e. The summed E-state index contributed by atoms with van der Waals surface area (Å²) >= 11 is 0. The van der Waals surface area contributed by atoms with Crippen LogP contribution in [0.1, 0.15) is 66.6 Å². The van der Waals surface area contributed by atoms with Gasteiger partial charge in [-0.3, -0.25) is 5.32 Å². The first kappa shape index (κ1) is 23.8. The molecule has 7 rings (SSSR count). The maximum Gasteiger partial charge on any atom is 0.335 e. The van der Waals surface area contributed by atoms with Crippen molar-refractivity contribution in [3.63, 3.8) is 0 Å². The number of aryl methyl sites for hydroxylation is 2. The first-order chi connectivity index (χ1) is 17.9. The molecule has 1 heterocycles. The zero-order valence-electron chi connectivity index (χ0n) is 21.2. The molecule has 0 spiro atoms. The Hall–Kier alpha value is -3.61. The van der Waals surface area contributed by atoms with E-state index in [4.69, 9.17) is 4.98 Å². The number of aromatic carboxylic acids is 1. The quantitative estimate of drug-likeness (QED) is 0.285. The molecule has 3 aromatic rings. The van der Waals surface area contributed by atoms with Crippen molar-refractivity contribution in [3.05, 3.63) is 65.4 Å². The molecule has 4 fully saturated rings. The minimum absolute atomic E-state index is 0.121. The molecule has 7 nitrogen and oxygen atoms in total. The lowest BCUT2D eigenvalue weighted by Crippen LogP contribution is -2.46. The van der Waals surface area contributed by atoms with E-state index in [2.05, 4.69) is 28.6 Å². The number of hydrogen-bond donors (Lipinski definition) is 4. The van der Waals surface area contributed by atoms with E-state index in [0.717, 1.165) is 53.2 Å². The van der Waals surface area contributed by atoms with Gasteiger partial charge in [0.25, 0.3) is 0 Å². The molecule has 4 aliphatic rings. The average Bonchev–Trinajstić information content (AvgIpc) is 3.24. The number of aromatic amines is 1. The Bertz CT molecular complexity index is 1310. The molecule has 37 heavy (non-hydrogen) atoms. The fourth-order valence-electron chi connectivity index (χ4n) is 7.65. The van der Waals surface area contributed by atoms with Crippen molar-refractivity contribution in [3.8, 4) is 11.4 Å². The second kappa shape index (κ2) is 9.36. The number of imidazole rings is 1. The summed E-state index contributed by atoms with van der Waals surface area (Å²) in [5.41, 5.74) is 4.05. The van der Waals surface area contributed by atoms with Crippen molar-refractivity contribution < 1.29 is 14.7 Å². The molecule has 0 unspecified atom stereocenters. The molecular weight excluding hydrogens is 464 g/mol. The van der Waals surface area contributed by atoms with Crippen LogP contribution in [0.25, 0.3) is 11.4 Å². The van der Waals surface area contributed by atoms with Crippen LogP contribution in [0.4, 0.5) is 16.3 Å². The molecule has 7 heteroatoms. The fraction of sp³-hybridized carbons (Fsp3) is 0.433. The summed E-state index contributed by atoms with van der Waals surface area (Å²) in [5, 5.41) is 14.9. The number of nitrogens with zero attached hydrogens (tertiary/aromatic N) is 1. The summed E-state index contributed by atoms with van der Waals surface area (Å²) in [7, 11) is 0. The van der Waals surface area contributed by atoms with Gasteiger partial charge >= 0.3 is 12.0 Å². The maximum atomic E-state index is 12.9. The maximum absolute atomic E-state index is 12.9. The lowest BCUT2D eigenvalue weighted by Gasteiger charge is -2.57. The van der Waals surface area contributed by atoms with Gasteiger partial charge in [-0.1, -0.05) is 30.3 Å². The van der Waals surface area contributed by atoms with Crippen LogP contribution >= 0.6 is 0 Å². The highest BCUT2D eigenvalue weighted by Gasteiger charge is 2.50. The Morgan fingerprint density at radius 2 is 1.70 bits per heavy atom. The fourth-order valence-corrected chi connectivity index (χ4v) is 7.65. The van der Waals surface area contributed by atoms with Crippen molar-refractivity contribution in [2.45, 2.75) is 58.3 Å². The number of H-pyrrole nitrogens is 1. The molecule has 2 amide bonds. The van der Waals surface area contributed by atoms with Crippen molar-refractivity contribution in [1.82, 2.24) is 9.97 Å². The molecule has 192 valence electrons. The van der Waals surface area contributed by atoms with Crippen LogP contribution < -0.4 is 10.6 Å². The van der Waals surface area contributed by atoms with Crippen LogP contribution in [0, 0.1) is 30.1 Å². The molecule has 0 saturated heterocycles. The van der Waals surface area contributed by atoms with Gasteiger partial charge < -0.3 is 15.4 Å². The van der Waals surface area contributed by atoms with Gasteiger partial charge in [0.2, 0.25) is 0 Å². The molecule has 4 N–H and O–H groups in total. The number of nitrogens with one attached hydrogen (secondary N) is 3. The first-order valence-corrected chi connectivity index (χ1v) is 13.4. The van der Waals surface area contributed by atoms with Gasteiger partial charge in [-0.05, 0) is 105 Å². The zero-order chi connectivity index (χ0) is 25.6. The second-order valence-electron chi connectivity index (χ2n) is 11.6. The number of carboxylic acid groups (broad SMARTS) is 1. The predicted octanol–water partition coefficient (Wildman–Crippen LogP) is 6.88. The number of carbonyl (C=O) groups excluding carboxylic acids is 1. The highest BCUT2D eigenvalue weighted by atomic mass is 16.4. The van der Waals surface area contributed by atoms with Crippen LogP contribution in [0.15, 0.2) is 48.5 Å². The molecular formula is C30H34N4O3. The standard InChI is InChI=1S/C30H34N4O3/c1-18-5-2-3-8-24(18)26-32-25(9-10-30-15-19-11-20(16-30)13-21(12-19)17-30)27(33-26)34-29(37)31-23-7-4-6-22(14-23)28(35)36/h2-8,14,19-21H,9-13,15-17H2,1H3,(H,32,33)(H,35,36)(H2,31,34,37). The van der Waals surface area contributed by atoms with Crippen molar-refractivity contribution in [1.29, 1.82) is 0 Å². The SMILES string of the molecule is Cc1ccccc1-c1nc(NC(=O)Nc2cccc(C(=O)O)c2)c(CCC23CC4CC(CC(C4)C2)C3)[nH]1. The summed E-state index contributed by atoms with van der Waals surface area (Å²) in [6.07, 6.45) is 10.3. The topological polar surface area (TPSA) is 107 Å². The van der Waals surface area contributed by atoms with Crippen molar-refractivity contribution in [2.75, 3.05) is 10.6 Å². The van der Waals surface area contributed by atoms with Gasteiger partial charge in [-0.2, -0.15) is 0 Å². The van der Waals surface area contributed by atoms with Crippen LogP contribution in [0.2, 0.25) is 0 Å². The number of benzene rings is 2. The van der Waals surface area contributed by atoms with Gasteiger partial charge in [-0.15, -0.1) is 0 Å². The number of rotatable bonds is 7. The van der Waals surface area contributed by atoms with Gasteiger partial charge in [0.05, 0.1) is 11.3 Å². The van der Waals surface area contributed by atoms with Crippen LogP contribution in [0.3, 0.4) is 0 Å². The summed E-state index contributed by atoms with van der Waals surface area (Å²) in [6, 6.07) is 13.9. The van der Waals surface area contributed by atoms with Crippen LogP contribution in [-0.4, -0.2) is 27.1 Å². The highest BCUT2D eigenvalue weighted by molar-refractivity contribution is 6.00. The Balaban J connectivity index is 1.23. The number of carbonyl (C=O) groups is 2. The summed E-state index contributed by atoms with van der Waals surface area (Å²) in [5.74, 6) is 2.96. The molecule has 1 aromatic heterocycles. The van der Waals surface area contributed by atoms with Crippen LogP contribution in [0.5, 0.6) is 0 Å². The molecule has 4 saturated carbocycles. The third-order valence-corrected chi connectivity index (χ3v) is 8.85. The first-order valence-electron chi connectivity index (χ1n) is 13.4. The molecule has 0 aliphatic heterocycles. The molecule has 0 atom stereocenters. The second-order valence-corrected chi connectivity index (χ2v) is 11.6. The van der Waals surface area contributed by atoms with Gasteiger partial charge in [-0.25, -0.2) is 14.6 Å². The number of anilines is 2. The normalized spacial score (nSPS) is 25.7. The number of amides is 2. The van der Waals surface area contributed by atoms with E-state index in [1.54, 1.807) is 12.1 Å². The zero-order valence-corrected chi connectivity index (χ0v) is 21.2. The monoisotopic (exact) mass is 498 g/mol. The molecule has 4 bridgehead atoms. The summed E-state index contributed by atoms with van der Waals surface area (Å²) in [4.78, 5) is 32.6. The number of aromatic nitrogens is 2. The molecule has 2 aromatic carbocycles. The van der Waals surface area contributed by atoms with E-state index >= 15 is 0 Å². The van der Waals surface area contributed by atoms with E-state index in [1.807, 2.05) is 18.2 Å². The van der Waals surface area contributed by atoms with Gasteiger partial charge in [0, 0.05) is 11.3 Å². The van der Waals surface area contributed by atoms with Gasteiger partial charge in [0.1, 0.15) is 5.82 Å². The third kappa shape index (κ3) is 4.87. The lowest BCUT2D eigenvalue weighted by molar-refractivity contribution is -0.0570. The average molecular weight is 499 g/mol. The molecule has 0 radical (unpaired) electrons. The Morgan fingerprint density at radius 1 is 1.00 bits per heavy atom. The van der Waals surface area contributed by atoms with E-state index in [1.165, 1.54) is 50.7 Å². The number of hydrogen-bond acceptors (Lipinski definition) is 3. The minimum Gasteiger partial charge on any atom is -0.478 e. The number of carboxylic acids is 1. The summed E-state index contributed by atoms with van der Waals surface area (Å²) in [6.45, 7) is 2.06. The third-order valence-electron chi connectivity index (χ3n) is 8.85. The molecule has 4 aliphatic carbocycles. The summed E-state index contributed by atoms with van der Waals surface area (Å²) < 4.78 is 0. The Labute approximate surface area is 217 Å². The van der Waals surface area contributed by atoms with E-state index in [-0.39, 0.29) is 5.56 Å². The Kier molecular flexibility index (Phi) is 6.01. The Morgan fingerprint density at radius 3 is 2.38 bits per heavy atom. The number of urea groups is 1.